The first-order valence-electron chi connectivity index (χ1n) is 6.53. The molecular formula is C16H18N2O2. The van der Waals surface area contributed by atoms with Crippen molar-refractivity contribution in [2.45, 2.75) is 19.6 Å². The van der Waals surface area contributed by atoms with E-state index in [0.29, 0.717) is 6.61 Å². The molecule has 104 valence electrons. The second-order valence-corrected chi connectivity index (χ2v) is 4.47. The Morgan fingerprint density at radius 2 is 1.65 bits per heavy atom. The van der Waals surface area contributed by atoms with Gasteiger partial charge in [0.1, 0.15) is 6.04 Å². The van der Waals surface area contributed by atoms with Crippen LogP contribution < -0.4 is 10.8 Å². The molecule has 0 aliphatic heterocycles. The van der Waals surface area contributed by atoms with Crippen LogP contribution in [0.2, 0.25) is 0 Å². The summed E-state index contributed by atoms with van der Waals surface area (Å²) < 4.78 is 0. The summed E-state index contributed by atoms with van der Waals surface area (Å²) in [5.41, 5.74) is 4.36. The van der Waals surface area contributed by atoms with Crippen molar-refractivity contribution in [3.05, 3.63) is 66.2 Å². The highest BCUT2D eigenvalue weighted by Crippen LogP contribution is 2.07. The van der Waals surface area contributed by atoms with Crippen molar-refractivity contribution >= 4 is 11.6 Å². The average Bonchev–Trinajstić information content (AvgIpc) is 2.49. The molecule has 2 aromatic rings. The number of hydrogen-bond acceptors (Lipinski definition) is 3. The summed E-state index contributed by atoms with van der Waals surface area (Å²) in [5.74, 6) is -0.204. The molecule has 0 aromatic heterocycles. The highest BCUT2D eigenvalue weighted by Gasteiger charge is 2.12. The molecule has 2 aromatic carbocycles. The fourth-order valence-electron chi connectivity index (χ4n) is 1.70. The molecule has 2 rings (SSSR count). The molecule has 4 heteroatoms. The Kier molecular flexibility index (Phi) is 5.15. The number of amides is 1. The molecule has 0 heterocycles. The summed E-state index contributed by atoms with van der Waals surface area (Å²) in [5, 5.41) is 3.10. The summed E-state index contributed by atoms with van der Waals surface area (Å²) in [6.45, 7) is 2.14. The number of para-hydroxylation sites is 1. The summed E-state index contributed by atoms with van der Waals surface area (Å²) in [4.78, 5) is 17.0. The van der Waals surface area contributed by atoms with Crippen LogP contribution in [0.5, 0.6) is 0 Å². The molecule has 0 radical (unpaired) electrons. The van der Waals surface area contributed by atoms with Crippen LogP contribution >= 0.6 is 0 Å². The average molecular weight is 270 g/mol. The van der Waals surface area contributed by atoms with Gasteiger partial charge in [-0.1, -0.05) is 48.5 Å². The first kappa shape index (κ1) is 14.1. The molecule has 0 spiro atoms. The second kappa shape index (κ2) is 7.31. The molecule has 20 heavy (non-hydrogen) atoms. The predicted octanol–water partition coefficient (Wildman–Crippen LogP) is 2.74. The zero-order valence-electron chi connectivity index (χ0n) is 11.4. The molecule has 1 atom stereocenters. The lowest BCUT2D eigenvalue weighted by atomic mass is 10.2. The Bertz CT molecular complexity index is 529. The van der Waals surface area contributed by atoms with Crippen LogP contribution in [0.4, 0.5) is 5.69 Å². The van der Waals surface area contributed by atoms with Crippen LogP contribution in [-0.4, -0.2) is 11.9 Å². The number of benzene rings is 2. The third kappa shape index (κ3) is 4.40. The number of nitrogens with one attached hydrogen (secondary N) is 2. The van der Waals surface area contributed by atoms with E-state index in [1.165, 1.54) is 0 Å². The fraction of sp³-hybridized carbons (Fsp3) is 0.188. The minimum atomic E-state index is -0.367. The third-order valence-electron chi connectivity index (χ3n) is 2.80. The maximum atomic E-state index is 11.8. The van der Waals surface area contributed by atoms with E-state index in [2.05, 4.69) is 10.8 Å². The van der Waals surface area contributed by atoms with Crippen molar-refractivity contribution in [3.63, 3.8) is 0 Å². The van der Waals surface area contributed by atoms with E-state index in [-0.39, 0.29) is 11.9 Å². The molecular weight excluding hydrogens is 252 g/mol. The molecule has 0 bridgehead atoms. The smallest absolute Gasteiger partial charge is 0.265 e. The van der Waals surface area contributed by atoms with Gasteiger partial charge >= 0.3 is 0 Å². The van der Waals surface area contributed by atoms with Gasteiger partial charge in [0, 0.05) is 5.69 Å². The van der Waals surface area contributed by atoms with Crippen LogP contribution in [0.3, 0.4) is 0 Å². The van der Waals surface area contributed by atoms with Crippen LogP contribution in [0.25, 0.3) is 0 Å². The number of rotatable bonds is 6. The van der Waals surface area contributed by atoms with Crippen molar-refractivity contribution in [2.24, 2.45) is 0 Å². The molecule has 0 aliphatic carbocycles. The SMILES string of the molecule is CC(Nc1ccccc1)C(=O)NOCc1ccccc1. The van der Waals surface area contributed by atoms with Gasteiger partial charge in [-0.25, -0.2) is 5.48 Å². The van der Waals surface area contributed by atoms with Gasteiger partial charge in [-0.3, -0.25) is 9.63 Å². The van der Waals surface area contributed by atoms with Gasteiger partial charge in [0.15, 0.2) is 0 Å². The topological polar surface area (TPSA) is 50.4 Å². The maximum Gasteiger partial charge on any atom is 0.265 e. The largest absolute Gasteiger partial charge is 0.374 e. The van der Waals surface area contributed by atoms with Crippen LogP contribution in [0.1, 0.15) is 12.5 Å². The number of hydrogen-bond donors (Lipinski definition) is 2. The molecule has 0 saturated heterocycles. The minimum absolute atomic E-state index is 0.204. The molecule has 2 N–H and O–H groups in total. The molecule has 4 nitrogen and oxygen atoms in total. The van der Waals surface area contributed by atoms with Gasteiger partial charge in [0.25, 0.3) is 5.91 Å². The first-order valence-corrected chi connectivity index (χ1v) is 6.53. The van der Waals surface area contributed by atoms with Crippen molar-refractivity contribution in [3.8, 4) is 0 Å². The molecule has 0 fully saturated rings. The van der Waals surface area contributed by atoms with Crippen molar-refractivity contribution in [1.29, 1.82) is 0 Å². The maximum absolute atomic E-state index is 11.8. The lowest BCUT2D eigenvalue weighted by Crippen LogP contribution is -2.37. The van der Waals surface area contributed by atoms with E-state index in [1.54, 1.807) is 6.92 Å². The summed E-state index contributed by atoms with van der Waals surface area (Å²) in [7, 11) is 0. The van der Waals surface area contributed by atoms with Crippen LogP contribution in [0, 0.1) is 0 Å². The standard InChI is InChI=1S/C16H18N2O2/c1-13(17-15-10-6-3-7-11-15)16(19)18-20-12-14-8-4-2-5-9-14/h2-11,13,17H,12H2,1H3,(H,18,19). The highest BCUT2D eigenvalue weighted by atomic mass is 16.6. The normalized spacial score (nSPS) is 11.7. The number of anilines is 1. The molecule has 0 saturated carbocycles. The van der Waals surface area contributed by atoms with Crippen molar-refractivity contribution < 1.29 is 9.63 Å². The predicted molar refractivity (Wildman–Crippen MR) is 78.9 cm³/mol. The van der Waals surface area contributed by atoms with E-state index >= 15 is 0 Å². The fourth-order valence-corrected chi connectivity index (χ4v) is 1.70. The Balaban J connectivity index is 1.74. The Morgan fingerprint density at radius 1 is 1.05 bits per heavy atom. The van der Waals surface area contributed by atoms with E-state index in [9.17, 15) is 4.79 Å². The van der Waals surface area contributed by atoms with Gasteiger partial charge in [-0.05, 0) is 24.6 Å². The van der Waals surface area contributed by atoms with Gasteiger partial charge in [-0.15, -0.1) is 0 Å². The first-order chi connectivity index (χ1) is 9.75. The Morgan fingerprint density at radius 3 is 2.30 bits per heavy atom. The van der Waals surface area contributed by atoms with Crippen molar-refractivity contribution in [2.75, 3.05) is 5.32 Å². The second-order valence-electron chi connectivity index (χ2n) is 4.47. The summed E-state index contributed by atoms with van der Waals surface area (Å²) in [6, 6.07) is 18.9. The highest BCUT2D eigenvalue weighted by molar-refractivity contribution is 5.83. The number of carbonyl (C=O) groups excluding carboxylic acids is 1. The monoisotopic (exact) mass is 270 g/mol. The Hall–Kier alpha value is -2.33. The quantitative estimate of drug-likeness (QED) is 0.794. The summed E-state index contributed by atoms with van der Waals surface area (Å²) in [6.07, 6.45) is 0. The van der Waals surface area contributed by atoms with Gasteiger partial charge in [-0.2, -0.15) is 0 Å². The third-order valence-corrected chi connectivity index (χ3v) is 2.80. The number of carbonyl (C=O) groups is 1. The van der Waals surface area contributed by atoms with Crippen LogP contribution in [0.15, 0.2) is 60.7 Å². The molecule has 1 unspecified atom stereocenters. The molecule has 0 aliphatic rings. The van der Waals surface area contributed by atoms with E-state index < -0.39 is 0 Å². The van der Waals surface area contributed by atoms with Gasteiger partial charge < -0.3 is 5.32 Å². The minimum Gasteiger partial charge on any atom is -0.374 e. The Labute approximate surface area is 118 Å². The zero-order valence-corrected chi connectivity index (χ0v) is 11.4. The van der Waals surface area contributed by atoms with E-state index in [1.807, 2.05) is 60.7 Å². The number of hydroxylamine groups is 1. The summed E-state index contributed by atoms with van der Waals surface area (Å²) >= 11 is 0. The zero-order chi connectivity index (χ0) is 14.2. The van der Waals surface area contributed by atoms with E-state index in [4.69, 9.17) is 4.84 Å². The molecule has 1 amide bonds. The van der Waals surface area contributed by atoms with Crippen molar-refractivity contribution in [1.82, 2.24) is 5.48 Å². The lowest BCUT2D eigenvalue weighted by molar-refractivity contribution is -0.135. The van der Waals surface area contributed by atoms with Gasteiger partial charge in [0.2, 0.25) is 0 Å². The lowest BCUT2D eigenvalue weighted by Gasteiger charge is -2.15. The van der Waals surface area contributed by atoms with E-state index in [0.717, 1.165) is 11.3 Å². The van der Waals surface area contributed by atoms with Gasteiger partial charge in [0.05, 0.1) is 6.61 Å². The van der Waals surface area contributed by atoms with Crippen LogP contribution in [-0.2, 0) is 16.2 Å².